The molecule has 19 heavy (non-hydrogen) atoms. The molecule has 4 heteroatoms. The minimum absolute atomic E-state index is 0.535. The fourth-order valence-electron chi connectivity index (χ4n) is 1.93. The van der Waals surface area contributed by atoms with E-state index in [9.17, 15) is 5.26 Å². The smallest absolute Gasteiger partial charge is 0.101 e. The molecule has 0 bridgehead atoms. The van der Waals surface area contributed by atoms with Gasteiger partial charge in [-0.3, -0.25) is 0 Å². The van der Waals surface area contributed by atoms with Crippen molar-refractivity contribution >= 4 is 17.3 Å². The maximum absolute atomic E-state index is 9.24. The van der Waals surface area contributed by atoms with Crippen LogP contribution in [0.3, 0.4) is 0 Å². The van der Waals surface area contributed by atoms with Crippen molar-refractivity contribution in [3.63, 3.8) is 0 Å². The van der Waals surface area contributed by atoms with Crippen LogP contribution in [0.4, 0.5) is 5.69 Å². The average molecular weight is 280 g/mol. The Morgan fingerprint density at radius 1 is 1.26 bits per heavy atom. The van der Waals surface area contributed by atoms with Gasteiger partial charge in [0.1, 0.15) is 6.07 Å². The summed E-state index contributed by atoms with van der Waals surface area (Å²) in [6, 6.07) is 7.70. The van der Waals surface area contributed by atoms with E-state index >= 15 is 0 Å². The molecule has 1 aromatic rings. The SMILES string of the molecule is CC(C)CN(CCN(C)C)c1cc(Cl)ccc1C#N. The standard InChI is InChI=1S/C15H22ClN3/c1-12(2)11-19(8-7-18(3)4)15-9-14(16)6-5-13(15)10-17/h5-6,9,12H,7-8,11H2,1-4H3. The summed E-state index contributed by atoms with van der Waals surface area (Å²) in [5.74, 6) is 0.535. The number of nitrogens with zero attached hydrogens (tertiary/aromatic N) is 3. The number of halogens is 1. The van der Waals surface area contributed by atoms with E-state index in [1.807, 2.05) is 6.07 Å². The molecule has 0 radical (unpaired) electrons. The molecular weight excluding hydrogens is 258 g/mol. The minimum atomic E-state index is 0.535. The zero-order valence-electron chi connectivity index (χ0n) is 12.2. The zero-order chi connectivity index (χ0) is 14.4. The first-order chi connectivity index (χ1) is 8.93. The normalized spacial score (nSPS) is 10.8. The topological polar surface area (TPSA) is 30.3 Å². The highest BCUT2D eigenvalue weighted by Crippen LogP contribution is 2.25. The molecule has 3 nitrogen and oxygen atoms in total. The molecule has 0 saturated carbocycles. The van der Waals surface area contributed by atoms with Crippen molar-refractivity contribution in [2.24, 2.45) is 5.92 Å². The molecule has 0 fully saturated rings. The predicted molar refractivity (Wildman–Crippen MR) is 81.8 cm³/mol. The number of likely N-dealkylation sites (N-methyl/N-ethyl adjacent to an activating group) is 1. The third-order valence-electron chi connectivity index (χ3n) is 2.82. The lowest BCUT2D eigenvalue weighted by molar-refractivity contribution is 0.409. The fourth-order valence-corrected chi connectivity index (χ4v) is 2.10. The van der Waals surface area contributed by atoms with Crippen LogP contribution in [-0.2, 0) is 0 Å². The second-order valence-corrected chi connectivity index (χ2v) is 5.85. The summed E-state index contributed by atoms with van der Waals surface area (Å²) in [6.07, 6.45) is 0. The van der Waals surface area contributed by atoms with Crippen molar-refractivity contribution in [1.29, 1.82) is 5.26 Å². The third-order valence-corrected chi connectivity index (χ3v) is 3.06. The van der Waals surface area contributed by atoms with Gasteiger partial charge in [-0.25, -0.2) is 0 Å². The molecule has 0 aliphatic rings. The summed E-state index contributed by atoms with van der Waals surface area (Å²) >= 11 is 6.07. The van der Waals surface area contributed by atoms with Crippen LogP contribution in [0.25, 0.3) is 0 Å². The molecule has 0 saturated heterocycles. The van der Waals surface area contributed by atoms with Crippen LogP contribution in [0, 0.1) is 17.2 Å². The van der Waals surface area contributed by atoms with Crippen LogP contribution in [0.15, 0.2) is 18.2 Å². The Hall–Kier alpha value is -1.24. The number of anilines is 1. The van der Waals surface area contributed by atoms with E-state index in [1.165, 1.54) is 0 Å². The van der Waals surface area contributed by atoms with E-state index in [1.54, 1.807) is 12.1 Å². The van der Waals surface area contributed by atoms with Crippen molar-refractivity contribution in [2.75, 3.05) is 38.6 Å². The van der Waals surface area contributed by atoms with Crippen LogP contribution in [0.5, 0.6) is 0 Å². The molecular formula is C15H22ClN3. The van der Waals surface area contributed by atoms with Gasteiger partial charge < -0.3 is 9.80 Å². The monoisotopic (exact) mass is 279 g/mol. The van der Waals surface area contributed by atoms with Crippen LogP contribution in [0.2, 0.25) is 5.02 Å². The van der Waals surface area contributed by atoms with E-state index in [0.29, 0.717) is 16.5 Å². The number of nitriles is 1. The fraction of sp³-hybridized carbons (Fsp3) is 0.533. The first kappa shape index (κ1) is 15.8. The molecule has 1 aromatic carbocycles. The molecule has 0 aromatic heterocycles. The van der Waals surface area contributed by atoms with Crippen molar-refractivity contribution in [3.05, 3.63) is 28.8 Å². The number of benzene rings is 1. The van der Waals surface area contributed by atoms with Gasteiger partial charge in [-0.15, -0.1) is 0 Å². The van der Waals surface area contributed by atoms with Gasteiger partial charge in [-0.05, 0) is 38.2 Å². The van der Waals surface area contributed by atoms with Crippen LogP contribution < -0.4 is 4.90 Å². The first-order valence-electron chi connectivity index (χ1n) is 6.53. The predicted octanol–water partition coefficient (Wildman–Crippen LogP) is 3.24. The van der Waals surface area contributed by atoms with E-state index in [0.717, 1.165) is 25.3 Å². The molecule has 0 atom stereocenters. The van der Waals surface area contributed by atoms with Gasteiger partial charge in [-0.2, -0.15) is 5.26 Å². The highest BCUT2D eigenvalue weighted by atomic mass is 35.5. The molecule has 0 spiro atoms. The Labute approximate surface area is 121 Å². The van der Waals surface area contributed by atoms with Crippen LogP contribution in [-0.4, -0.2) is 38.6 Å². The van der Waals surface area contributed by atoms with Crippen molar-refractivity contribution in [3.8, 4) is 6.07 Å². The van der Waals surface area contributed by atoms with Gasteiger partial charge in [0.05, 0.1) is 11.3 Å². The van der Waals surface area contributed by atoms with Crippen LogP contribution >= 0.6 is 11.6 Å². The zero-order valence-corrected chi connectivity index (χ0v) is 12.9. The highest BCUT2D eigenvalue weighted by Gasteiger charge is 2.13. The molecule has 0 amide bonds. The summed E-state index contributed by atoms with van der Waals surface area (Å²) < 4.78 is 0. The highest BCUT2D eigenvalue weighted by molar-refractivity contribution is 6.30. The lowest BCUT2D eigenvalue weighted by Crippen LogP contribution is -2.34. The largest absolute Gasteiger partial charge is 0.369 e. The van der Waals surface area contributed by atoms with Gasteiger partial charge >= 0.3 is 0 Å². The summed E-state index contributed by atoms with van der Waals surface area (Å²) in [6.45, 7) is 7.12. The quantitative estimate of drug-likeness (QED) is 0.801. The molecule has 0 unspecified atom stereocenters. The molecule has 104 valence electrons. The number of rotatable bonds is 6. The third kappa shape index (κ3) is 5.10. The van der Waals surface area contributed by atoms with Crippen molar-refractivity contribution < 1.29 is 0 Å². The summed E-state index contributed by atoms with van der Waals surface area (Å²) in [7, 11) is 4.10. The van der Waals surface area contributed by atoms with Crippen LogP contribution in [0.1, 0.15) is 19.4 Å². The van der Waals surface area contributed by atoms with Gasteiger partial charge in [0.2, 0.25) is 0 Å². The lowest BCUT2D eigenvalue weighted by Gasteiger charge is -2.29. The number of hydrogen-bond acceptors (Lipinski definition) is 3. The van der Waals surface area contributed by atoms with Crippen molar-refractivity contribution in [1.82, 2.24) is 4.90 Å². The molecule has 0 aliphatic carbocycles. The molecule has 0 heterocycles. The minimum Gasteiger partial charge on any atom is -0.369 e. The second-order valence-electron chi connectivity index (χ2n) is 5.42. The summed E-state index contributed by atoms with van der Waals surface area (Å²) in [5.41, 5.74) is 1.62. The Morgan fingerprint density at radius 2 is 1.95 bits per heavy atom. The second kappa shape index (κ2) is 7.37. The van der Waals surface area contributed by atoms with Gasteiger partial charge in [0, 0.05) is 24.7 Å². The Bertz CT molecular complexity index is 449. The van der Waals surface area contributed by atoms with Crippen molar-refractivity contribution in [2.45, 2.75) is 13.8 Å². The van der Waals surface area contributed by atoms with E-state index in [2.05, 4.69) is 43.8 Å². The summed E-state index contributed by atoms with van der Waals surface area (Å²) in [5, 5.41) is 9.91. The maximum Gasteiger partial charge on any atom is 0.101 e. The molecule has 0 N–H and O–H groups in total. The van der Waals surface area contributed by atoms with E-state index < -0.39 is 0 Å². The van der Waals surface area contributed by atoms with Gasteiger partial charge in [-0.1, -0.05) is 25.4 Å². The van der Waals surface area contributed by atoms with Gasteiger partial charge in [0.25, 0.3) is 0 Å². The first-order valence-corrected chi connectivity index (χ1v) is 6.91. The Morgan fingerprint density at radius 3 is 2.47 bits per heavy atom. The number of hydrogen-bond donors (Lipinski definition) is 0. The maximum atomic E-state index is 9.24. The average Bonchev–Trinajstić information content (AvgIpc) is 2.33. The van der Waals surface area contributed by atoms with E-state index in [-0.39, 0.29) is 0 Å². The summed E-state index contributed by atoms with van der Waals surface area (Å²) in [4.78, 5) is 4.39. The molecule has 0 aliphatic heterocycles. The molecule has 1 rings (SSSR count). The van der Waals surface area contributed by atoms with E-state index in [4.69, 9.17) is 11.6 Å². The lowest BCUT2D eigenvalue weighted by atomic mass is 10.1. The van der Waals surface area contributed by atoms with Gasteiger partial charge in [0.15, 0.2) is 0 Å². The Balaban J connectivity index is 3.02. The Kier molecular flexibility index (Phi) is 6.14.